The summed E-state index contributed by atoms with van der Waals surface area (Å²) in [5.74, 6) is -0.281. The first-order valence-electron chi connectivity index (χ1n) is 4.94. The molecule has 16 heavy (non-hydrogen) atoms. The van der Waals surface area contributed by atoms with Crippen LogP contribution in [0.5, 0.6) is 0 Å². The van der Waals surface area contributed by atoms with Crippen molar-refractivity contribution in [2.24, 2.45) is 0 Å². The van der Waals surface area contributed by atoms with Crippen LogP contribution in [0, 0.1) is 5.82 Å². The number of nitrogen functional groups attached to an aromatic ring is 1. The summed E-state index contributed by atoms with van der Waals surface area (Å²) in [5, 5.41) is 0.672. The van der Waals surface area contributed by atoms with Gasteiger partial charge in [-0.3, -0.25) is 0 Å². The number of nitrogens with two attached hydrogens (primary N) is 1. The predicted molar refractivity (Wildman–Crippen MR) is 65.1 cm³/mol. The molecule has 0 aromatic heterocycles. The monoisotopic (exact) mass is 235 g/mol. The van der Waals surface area contributed by atoms with Crippen molar-refractivity contribution >= 4 is 17.3 Å². The number of halogens is 2. The molecule has 0 aliphatic rings. The standard InChI is InChI=1S/C13H11ClFN/c14-12-4-2-1-3-9(12)7-10-8-11(15)5-6-13(10)16/h1-6,8H,7,16H2. The fourth-order valence-electron chi connectivity index (χ4n) is 1.57. The van der Waals surface area contributed by atoms with E-state index in [2.05, 4.69) is 0 Å². The highest BCUT2D eigenvalue weighted by molar-refractivity contribution is 6.31. The summed E-state index contributed by atoms with van der Waals surface area (Å²) in [6.07, 6.45) is 0.545. The number of benzene rings is 2. The Morgan fingerprint density at radius 2 is 1.81 bits per heavy atom. The zero-order valence-corrected chi connectivity index (χ0v) is 9.34. The van der Waals surface area contributed by atoms with Crippen LogP contribution in [0.15, 0.2) is 42.5 Å². The maximum absolute atomic E-state index is 13.1. The van der Waals surface area contributed by atoms with Gasteiger partial charge in [-0.1, -0.05) is 29.8 Å². The molecule has 0 saturated heterocycles. The third-order valence-corrected chi connectivity index (χ3v) is 2.81. The molecular weight excluding hydrogens is 225 g/mol. The lowest BCUT2D eigenvalue weighted by molar-refractivity contribution is 0.626. The van der Waals surface area contributed by atoms with E-state index in [1.165, 1.54) is 12.1 Å². The van der Waals surface area contributed by atoms with Gasteiger partial charge in [0, 0.05) is 17.1 Å². The molecule has 0 aliphatic carbocycles. The van der Waals surface area contributed by atoms with Gasteiger partial charge in [-0.05, 0) is 35.4 Å². The molecule has 0 unspecified atom stereocenters. The molecule has 0 bridgehead atoms. The molecule has 0 saturated carbocycles. The number of anilines is 1. The highest BCUT2D eigenvalue weighted by atomic mass is 35.5. The first kappa shape index (κ1) is 11.0. The second-order valence-electron chi connectivity index (χ2n) is 3.61. The molecule has 2 aromatic rings. The predicted octanol–water partition coefficient (Wildman–Crippen LogP) is 3.65. The summed E-state index contributed by atoms with van der Waals surface area (Å²) in [6.45, 7) is 0. The SMILES string of the molecule is Nc1ccc(F)cc1Cc1ccccc1Cl. The Kier molecular flexibility index (Phi) is 3.11. The van der Waals surface area contributed by atoms with Gasteiger partial charge in [-0.25, -0.2) is 4.39 Å². The van der Waals surface area contributed by atoms with Crippen LogP contribution >= 0.6 is 11.6 Å². The van der Waals surface area contributed by atoms with Gasteiger partial charge in [-0.2, -0.15) is 0 Å². The molecule has 2 N–H and O–H groups in total. The molecule has 0 heterocycles. The van der Waals surface area contributed by atoms with Gasteiger partial charge < -0.3 is 5.73 Å². The number of hydrogen-bond acceptors (Lipinski definition) is 1. The van der Waals surface area contributed by atoms with Gasteiger partial charge in [0.2, 0.25) is 0 Å². The molecule has 0 spiro atoms. The number of hydrogen-bond donors (Lipinski definition) is 1. The fraction of sp³-hybridized carbons (Fsp3) is 0.0769. The van der Waals surface area contributed by atoms with Crippen LogP contribution in [-0.4, -0.2) is 0 Å². The molecule has 2 aromatic carbocycles. The summed E-state index contributed by atoms with van der Waals surface area (Å²) in [6, 6.07) is 11.8. The van der Waals surface area contributed by atoms with Crippen LogP contribution in [-0.2, 0) is 6.42 Å². The quantitative estimate of drug-likeness (QED) is 0.790. The van der Waals surface area contributed by atoms with Crippen molar-refractivity contribution in [3.63, 3.8) is 0 Å². The van der Waals surface area contributed by atoms with Crippen molar-refractivity contribution in [3.8, 4) is 0 Å². The lowest BCUT2D eigenvalue weighted by Gasteiger charge is -2.07. The zero-order chi connectivity index (χ0) is 11.5. The molecule has 2 rings (SSSR count). The van der Waals surface area contributed by atoms with E-state index in [1.807, 2.05) is 24.3 Å². The molecule has 82 valence electrons. The molecule has 0 atom stereocenters. The van der Waals surface area contributed by atoms with Crippen molar-refractivity contribution in [1.82, 2.24) is 0 Å². The van der Waals surface area contributed by atoms with Gasteiger partial charge in [0.25, 0.3) is 0 Å². The third-order valence-electron chi connectivity index (χ3n) is 2.44. The summed E-state index contributed by atoms with van der Waals surface area (Å²) < 4.78 is 13.1. The average molecular weight is 236 g/mol. The number of rotatable bonds is 2. The zero-order valence-electron chi connectivity index (χ0n) is 8.58. The average Bonchev–Trinajstić information content (AvgIpc) is 2.27. The molecule has 1 nitrogen and oxygen atoms in total. The Morgan fingerprint density at radius 3 is 2.56 bits per heavy atom. The van der Waals surface area contributed by atoms with E-state index in [0.29, 0.717) is 17.1 Å². The lowest BCUT2D eigenvalue weighted by atomic mass is 10.0. The minimum atomic E-state index is -0.281. The summed E-state index contributed by atoms with van der Waals surface area (Å²) >= 11 is 6.03. The van der Waals surface area contributed by atoms with Crippen LogP contribution in [0.4, 0.5) is 10.1 Å². The van der Waals surface area contributed by atoms with E-state index in [4.69, 9.17) is 17.3 Å². The smallest absolute Gasteiger partial charge is 0.123 e. The van der Waals surface area contributed by atoms with Crippen LogP contribution in [0.3, 0.4) is 0 Å². The summed E-state index contributed by atoms with van der Waals surface area (Å²) in [7, 11) is 0. The van der Waals surface area contributed by atoms with Crippen molar-refractivity contribution in [2.75, 3.05) is 5.73 Å². The first-order valence-corrected chi connectivity index (χ1v) is 5.32. The van der Waals surface area contributed by atoms with Gasteiger partial charge >= 0.3 is 0 Å². The second kappa shape index (κ2) is 4.54. The van der Waals surface area contributed by atoms with Crippen LogP contribution in [0.25, 0.3) is 0 Å². The van der Waals surface area contributed by atoms with E-state index in [0.717, 1.165) is 11.1 Å². The lowest BCUT2D eigenvalue weighted by Crippen LogP contribution is -1.97. The van der Waals surface area contributed by atoms with E-state index < -0.39 is 0 Å². The van der Waals surface area contributed by atoms with Gasteiger partial charge in [0.1, 0.15) is 5.82 Å². The fourth-order valence-corrected chi connectivity index (χ4v) is 1.78. The second-order valence-corrected chi connectivity index (χ2v) is 4.02. The molecule has 3 heteroatoms. The Labute approximate surface area is 98.7 Å². The highest BCUT2D eigenvalue weighted by Crippen LogP contribution is 2.22. The van der Waals surface area contributed by atoms with E-state index in [9.17, 15) is 4.39 Å². The van der Waals surface area contributed by atoms with Crippen molar-refractivity contribution in [1.29, 1.82) is 0 Å². The Hall–Kier alpha value is -1.54. The molecule has 0 amide bonds. The molecule has 0 fully saturated rings. The minimum Gasteiger partial charge on any atom is -0.398 e. The first-order chi connectivity index (χ1) is 7.66. The van der Waals surface area contributed by atoms with Crippen molar-refractivity contribution < 1.29 is 4.39 Å². The van der Waals surface area contributed by atoms with Gasteiger partial charge in [-0.15, -0.1) is 0 Å². The maximum Gasteiger partial charge on any atom is 0.123 e. The Bertz CT molecular complexity index is 511. The van der Waals surface area contributed by atoms with Crippen molar-refractivity contribution in [2.45, 2.75) is 6.42 Å². The largest absolute Gasteiger partial charge is 0.398 e. The van der Waals surface area contributed by atoms with Gasteiger partial charge in [0.05, 0.1) is 0 Å². The Morgan fingerprint density at radius 1 is 1.06 bits per heavy atom. The topological polar surface area (TPSA) is 26.0 Å². The van der Waals surface area contributed by atoms with Crippen LogP contribution in [0.2, 0.25) is 5.02 Å². The van der Waals surface area contributed by atoms with Gasteiger partial charge in [0.15, 0.2) is 0 Å². The van der Waals surface area contributed by atoms with Crippen LogP contribution < -0.4 is 5.73 Å². The Balaban J connectivity index is 2.34. The van der Waals surface area contributed by atoms with E-state index in [-0.39, 0.29) is 5.82 Å². The van der Waals surface area contributed by atoms with Crippen LogP contribution in [0.1, 0.15) is 11.1 Å². The molecular formula is C13H11ClFN. The highest BCUT2D eigenvalue weighted by Gasteiger charge is 2.05. The van der Waals surface area contributed by atoms with Crippen molar-refractivity contribution in [3.05, 3.63) is 64.4 Å². The minimum absolute atomic E-state index is 0.281. The molecule has 0 aliphatic heterocycles. The summed E-state index contributed by atoms with van der Waals surface area (Å²) in [5.41, 5.74) is 8.07. The normalized spacial score (nSPS) is 10.4. The van der Waals surface area contributed by atoms with E-state index in [1.54, 1.807) is 6.07 Å². The summed E-state index contributed by atoms with van der Waals surface area (Å²) in [4.78, 5) is 0. The third kappa shape index (κ3) is 2.34. The van der Waals surface area contributed by atoms with E-state index >= 15 is 0 Å². The maximum atomic E-state index is 13.1. The molecule has 0 radical (unpaired) electrons.